The Morgan fingerprint density at radius 2 is 1.71 bits per heavy atom. The van der Waals surface area contributed by atoms with Crippen molar-refractivity contribution < 1.29 is 24.2 Å². The number of hydrogen-bond acceptors (Lipinski definition) is 6. The largest absolute Gasteiger partial charge is 0.507 e. The van der Waals surface area contributed by atoms with Gasteiger partial charge >= 0.3 is 0 Å². The van der Waals surface area contributed by atoms with Crippen molar-refractivity contribution >= 4 is 17.4 Å². The topological polar surface area (TPSA) is 79.3 Å². The summed E-state index contributed by atoms with van der Waals surface area (Å²) in [7, 11) is 3.83. The zero-order valence-electron chi connectivity index (χ0n) is 21.3. The molecule has 0 radical (unpaired) electrons. The fourth-order valence-corrected chi connectivity index (χ4v) is 4.15. The van der Waals surface area contributed by atoms with Gasteiger partial charge in [-0.05, 0) is 75.8 Å². The standard InChI is InChI=1S/C28H36N2O5/c1-6-8-17-35-21-11-9-20(10-12-21)25-24(27(32)28(33)30(25)16-15-29(4)5)26(31)23-14-13-22(34-7-2)18-19(23)3/h9-14,18,25,31H,6-8,15-17H2,1-5H3. The molecular formula is C28H36N2O5. The maximum atomic E-state index is 13.2. The highest BCUT2D eigenvalue weighted by molar-refractivity contribution is 6.46. The number of Topliss-reactive ketones (excluding diaryl/α,β-unsaturated/α-hetero) is 1. The number of aliphatic hydroxyl groups is 1. The highest BCUT2D eigenvalue weighted by atomic mass is 16.5. The Balaban J connectivity index is 2.05. The summed E-state index contributed by atoms with van der Waals surface area (Å²) >= 11 is 0. The van der Waals surface area contributed by atoms with Crippen LogP contribution in [0, 0.1) is 6.92 Å². The first-order valence-electron chi connectivity index (χ1n) is 12.2. The van der Waals surface area contributed by atoms with Gasteiger partial charge in [0.1, 0.15) is 17.3 Å². The van der Waals surface area contributed by atoms with Crippen LogP contribution in [0.1, 0.15) is 49.4 Å². The lowest BCUT2D eigenvalue weighted by atomic mass is 9.94. The predicted octanol–water partition coefficient (Wildman–Crippen LogP) is 4.56. The Hall–Kier alpha value is -3.32. The molecule has 1 unspecified atom stereocenters. The molecule has 0 aromatic heterocycles. The average molecular weight is 481 g/mol. The number of carbonyl (C=O) groups is 2. The molecule has 1 fully saturated rings. The van der Waals surface area contributed by atoms with Crippen molar-refractivity contribution in [2.45, 2.75) is 39.7 Å². The normalized spacial score (nSPS) is 17.3. The van der Waals surface area contributed by atoms with E-state index in [9.17, 15) is 14.7 Å². The van der Waals surface area contributed by atoms with Crippen molar-refractivity contribution in [2.24, 2.45) is 0 Å². The molecule has 1 atom stereocenters. The molecule has 1 aliphatic rings. The number of rotatable bonds is 11. The molecule has 0 spiro atoms. The Morgan fingerprint density at radius 1 is 1.03 bits per heavy atom. The van der Waals surface area contributed by atoms with Gasteiger partial charge in [0, 0.05) is 18.7 Å². The number of aliphatic hydroxyl groups excluding tert-OH is 1. The number of benzene rings is 2. The molecule has 1 amide bonds. The fourth-order valence-electron chi connectivity index (χ4n) is 4.15. The summed E-state index contributed by atoms with van der Waals surface area (Å²) in [6, 6.07) is 12.0. The maximum absolute atomic E-state index is 13.2. The zero-order valence-corrected chi connectivity index (χ0v) is 21.3. The lowest BCUT2D eigenvalue weighted by Crippen LogP contribution is -2.35. The molecule has 1 aliphatic heterocycles. The van der Waals surface area contributed by atoms with Crippen LogP contribution in [0.15, 0.2) is 48.0 Å². The Morgan fingerprint density at radius 3 is 2.31 bits per heavy atom. The summed E-state index contributed by atoms with van der Waals surface area (Å²) in [6.45, 7) is 7.96. The third-order valence-electron chi connectivity index (χ3n) is 6.05. The van der Waals surface area contributed by atoms with E-state index in [1.54, 1.807) is 17.0 Å². The van der Waals surface area contributed by atoms with E-state index in [0.29, 0.717) is 37.6 Å². The van der Waals surface area contributed by atoms with E-state index in [4.69, 9.17) is 9.47 Å². The van der Waals surface area contributed by atoms with Crippen LogP contribution in [0.25, 0.3) is 5.76 Å². The quantitative estimate of drug-likeness (QED) is 0.220. The van der Waals surface area contributed by atoms with Gasteiger partial charge in [0.05, 0.1) is 24.8 Å². The van der Waals surface area contributed by atoms with E-state index in [-0.39, 0.29) is 11.3 Å². The molecule has 0 saturated carbocycles. The van der Waals surface area contributed by atoms with Gasteiger partial charge in [0.2, 0.25) is 0 Å². The second-order valence-corrected chi connectivity index (χ2v) is 8.98. The number of nitrogens with zero attached hydrogens (tertiary/aromatic N) is 2. The van der Waals surface area contributed by atoms with Crippen LogP contribution in [-0.4, -0.2) is 67.0 Å². The van der Waals surface area contributed by atoms with Crippen LogP contribution in [0.2, 0.25) is 0 Å². The monoisotopic (exact) mass is 480 g/mol. The first-order chi connectivity index (χ1) is 16.8. The molecule has 7 heteroatoms. The first-order valence-corrected chi connectivity index (χ1v) is 12.2. The molecule has 1 N–H and O–H groups in total. The number of ether oxygens (including phenoxy) is 2. The molecule has 35 heavy (non-hydrogen) atoms. The van der Waals surface area contributed by atoms with Gasteiger partial charge in [-0.25, -0.2) is 0 Å². The van der Waals surface area contributed by atoms with Crippen molar-refractivity contribution in [2.75, 3.05) is 40.4 Å². The number of hydrogen-bond donors (Lipinski definition) is 1. The Labute approximate surface area is 207 Å². The summed E-state index contributed by atoms with van der Waals surface area (Å²) < 4.78 is 11.3. The molecule has 2 aromatic rings. The van der Waals surface area contributed by atoms with Gasteiger partial charge in [0.15, 0.2) is 0 Å². The SMILES string of the molecule is CCCCOc1ccc(C2C(=C(O)c3ccc(OCC)cc3C)C(=O)C(=O)N2CCN(C)C)cc1. The highest BCUT2D eigenvalue weighted by Gasteiger charge is 2.46. The van der Waals surface area contributed by atoms with E-state index >= 15 is 0 Å². The van der Waals surface area contributed by atoms with Crippen LogP contribution < -0.4 is 9.47 Å². The van der Waals surface area contributed by atoms with Crippen molar-refractivity contribution in [1.82, 2.24) is 9.80 Å². The Kier molecular flexibility index (Phi) is 8.93. The molecular weight excluding hydrogens is 444 g/mol. The molecule has 1 heterocycles. The summed E-state index contributed by atoms with van der Waals surface area (Å²) in [4.78, 5) is 29.8. The van der Waals surface area contributed by atoms with Gasteiger partial charge in [-0.2, -0.15) is 0 Å². The fraction of sp³-hybridized carbons (Fsp3) is 0.429. The number of aryl methyl sites for hydroxylation is 1. The minimum Gasteiger partial charge on any atom is -0.507 e. The van der Waals surface area contributed by atoms with Crippen molar-refractivity contribution in [3.8, 4) is 11.5 Å². The van der Waals surface area contributed by atoms with Gasteiger partial charge in [-0.3, -0.25) is 9.59 Å². The molecule has 0 aliphatic carbocycles. The number of likely N-dealkylation sites (tertiary alicyclic amines) is 1. The van der Waals surface area contributed by atoms with Crippen LogP contribution in [0.5, 0.6) is 11.5 Å². The van der Waals surface area contributed by atoms with Crippen molar-refractivity contribution in [1.29, 1.82) is 0 Å². The van der Waals surface area contributed by atoms with Gasteiger partial charge in [-0.1, -0.05) is 25.5 Å². The number of carbonyl (C=O) groups excluding carboxylic acids is 2. The van der Waals surface area contributed by atoms with Gasteiger partial charge < -0.3 is 24.4 Å². The summed E-state index contributed by atoms with van der Waals surface area (Å²) in [5.41, 5.74) is 2.10. The van der Waals surface area contributed by atoms with E-state index in [1.165, 1.54) is 0 Å². The molecule has 7 nitrogen and oxygen atoms in total. The van der Waals surface area contributed by atoms with E-state index in [1.807, 2.05) is 63.2 Å². The van der Waals surface area contributed by atoms with E-state index in [0.717, 1.165) is 29.7 Å². The average Bonchev–Trinajstić information content (AvgIpc) is 3.08. The number of amides is 1. The van der Waals surface area contributed by atoms with Crippen LogP contribution in [0.3, 0.4) is 0 Å². The predicted molar refractivity (Wildman–Crippen MR) is 137 cm³/mol. The van der Waals surface area contributed by atoms with Gasteiger partial charge in [0.25, 0.3) is 11.7 Å². The second-order valence-electron chi connectivity index (χ2n) is 8.98. The Bertz CT molecular complexity index is 1080. The number of ketones is 1. The van der Waals surface area contributed by atoms with Gasteiger partial charge in [-0.15, -0.1) is 0 Å². The third kappa shape index (κ3) is 6.03. The van der Waals surface area contributed by atoms with E-state index in [2.05, 4.69) is 6.92 Å². The van der Waals surface area contributed by atoms with Crippen molar-refractivity contribution in [3.63, 3.8) is 0 Å². The number of likely N-dealkylation sites (N-methyl/N-ethyl adjacent to an activating group) is 1. The minimum atomic E-state index is -0.689. The molecule has 3 rings (SSSR count). The number of unbranched alkanes of at least 4 members (excludes halogenated alkanes) is 1. The lowest BCUT2D eigenvalue weighted by molar-refractivity contribution is -0.140. The smallest absolute Gasteiger partial charge is 0.295 e. The first kappa shape index (κ1) is 26.3. The van der Waals surface area contributed by atoms with Crippen LogP contribution in [-0.2, 0) is 9.59 Å². The summed E-state index contributed by atoms with van der Waals surface area (Å²) in [6.07, 6.45) is 2.01. The van der Waals surface area contributed by atoms with E-state index < -0.39 is 17.7 Å². The highest BCUT2D eigenvalue weighted by Crippen LogP contribution is 2.40. The summed E-state index contributed by atoms with van der Waals surface area (Å²) in [5, 5.41) is 11.3. The second kappa shape index (κ2) is 11.9. The summed E-state index contributed by atoms with van der Waals surface area (Å²) in [5.74, 6) is -0.0457. The minimum absolute atomic E-state index is 0.0978. The third-order valence-corrected chi connectivity index (χ3v) is 6.05. The van der Waals surface area contributed by atoms with Crippen LogP contribution >= 0.6 is 0 Å². The maximum Gasteiger partial charge on any atom is 0.295 e. The molecule has 0 bridgehead atoms. The zero-order chi connectivity index (χ0) is 25.5. The lowest BCUT2D eigenvalue weighted by Gasteiger charge is -2.27. The molecule has 188 valence electrons. The van der Waals surface area contributed by atoms with Crippen LogP contribution in [0.4, 0.5) is 0 Å². The molecule has 2 aromatic carbocycles. The molecule has 1 saturated heterocycles. The van der Waals surface area contributed by atoms with Crippen molar-refractivity contribution in [3.05, 3.63) is 64.7 Å².